The summed E-state index contributed by atoms with van der Waals surface area (Å²) in [5.41, 5.74) is 2.37. The number of rotatable bonds is 11. The fourth-order valence-electron chi connectivity index (χ4n) is 7.90. The van der Waals surface area contributed by atoms with E-state index in [9.17, 15) is 4.79 Å². The van der Waals surface area contributed by atoms with E-state index < -0.39 is 0 Å². The Morgan fingerprint density at radius 3 is 2.31 bits per heavy atom. The van der Waals surface area contributed by atoms with Gasteiger partial charge in [0, 0.05) is 64.1 Å². The molecular formula is C37H49N5O3. The van der Waals surface area contributed by atoms with E-state index in [-0.39, 0.29) is 12.0 Å². The third-order valence-electron chi connectivity index (χ3n) is 10.4. The van der Waals surface area contributed by atoms with Crippen LogP contribution in [0.1, 0.15) is 62.0 Å². The number of hydrogen-bond acceptors (Lipinski definition) is 8. The summed E-state index contributed by atoms with van der Waals surface area (Å²) in [5, 5.41) is 0. The second kappa shape index (κ2) is 15.2. The molecule has 0 bridgehead atoms. The maximum Gasteiger partial charge on any atom is 0.323 e. The Morgan fingerprint density at radius 1 is 0.911 bits per heavy atom. The van der Waals surface area contributed by atoms with E-state index in [4.69, 9.17) is 9.47 Å². The van der Waals surface area contributed by atoms with Crippen LogP contribution < -0.4 is 9.64 Å². The first-order chi connectivity index (χ1) is 22.1. The molecule has 0 radical (unpaired) electrons. The number of likely N-dealkylation sites (tertiary alicyclic amines) is 2. The average Bonchev–Trinajstić information content (AvgIpc) is 3.51. The molecule has 0 amide bonds. The first kappa shape index (κ1) is 31.5. The molecule has 8 nitrogen and oxygen atoms in total. The van der Waals surface area contributed by atoms with Gasteiger partial charge in [0.25, 0.3) is 0 Å². The smallest absolute Gasteiger partial charge is 0.323 e. The predicted molar refractivity (Wildman–Crippen MR) is 177 cm³/mol. The number of hydrogen-bond donors (Lipinski definition) is 0. The van der Waals surface area contributed by atoms with Crippen LogP contribution in [0.3, 0.4) is 0 Å². The molecule has 1 saturated carbocycles. The summed E-state index contributed by atoms with van der Waals surface area (Å²) in [6.07, 6.45) is 11.7. The number of ether oxygens (including phenoxy) is 2. The van der Waals surface area contributed by atoms with E-state index in [2.05, 4.69) is 62.0 Å². The summed E-state index contributed by atoms with van der Waals surface area (Å²) >= 11 is 0. The van der Waals surface area contributed by atoms with Crippen LogP contribution in [0, 0.1) is 11.8 Å². The number of nitrogens with zero attached hydrogens (tertiary/aromatic N) is 5. The van der Waals surface area contributed by atoms with Crippen molar-refractivity contribution in [3.8, 4) is 5.75 Å². The van der Waals surface area contributed by atoms with Gasteiger partial charge in [0.05, 0.1) is 7.11 Å². The SMILES string of the molecule is COc1ccc(COC(=O)[C@@H](C2CCCCC2)N2C[C@H](CN3CCC(N(C)c4ncccn4)CC3)[C@@H](c3ccccc3)C2)cc1. The number of carbonyl (C=O) groups is 1. The Hall–Kier alpha value is -3.49. The van der Waals surface area contributed by atoms with E-state index in [1.54, 1.807) is 7.11 Å². The van der Waals surface area contributed by atoms with Crippen molar-refractivity contribution in [1.29, 1.82) is 0 Å². The van der Waals surface area contributed by atoms with Crippen LogP contribution in [0.4, 0.5) is 5.95 Å². The highest BCUT2D eigenvalue weighted by atomic mass is 16.5. The van der Waals surface area contributed by atoms with Crippen LogP contribution in [0.25, 0.3) is 0 Å². The van der Waals surface area contributed by atoms with Crippen molar-refractivity contribution in [3.05, 3.63) is 84.2 Å². The van der Waals surface area contributed by atoms with E-state index in [1.807, 2.05) is 42.7 Å². The van der Waals surface area contributed by atoms with Crippen LogP contribution in [0.2, 0.25) is 0 Å². The molecule has 0 N–H and O–H groups in total. The lowest BCUT2D eigenvalue weighted by Crippen LogP contribution is -2.48. The summed E-state index contributed by atoms with van der Waals surface area (Å²) in [7, 11) is 3.78. The highest BCUT2D eigenvalue weighted by Crippen LogP contribution is 2.39. The molecule has 0 spiro atoms. The zero-order chi connectivity index (χ0) is 31.0. The minimum atomic E-state index is -0.190. The van der Waals surface area contributed by atoms with Gasteiger partial charge in [-0.3, -0.25) is 9.69 Å². The van der Waals surface area contributed by atoms with Gasteiger partial charge < -0.3 is 19.3 Å². The van der Waals surface area contributed by atoms with Crippen molar-refractivity contribution >= 4 is 11.9 Å². The second-order valence-corrected chi connectivity index (χ2v) is 13.2. The van der Waals surface area contributed by atoms with E-state index in [0.717, 1.165) is 75.7 Å². The molecule has 3 heterocycles. The molecule has 2 aromatic carbocycles. The molecule has 8 heteroatoms. The van der Waals surface area contributed by atoms with E-state index >= 15 is 0 Å². The summed E-state index contributed by atoms with van der Waals surface area (Å²) in [5.74, 6) is 2.76. The molecule has 3 fully saturated rings. The molecule has 2 saturated heterocycles. The normalized spacial score (nSPS) is 22.6. The molecule has 6 rings (SSSR count). The minimum Gasteiger partial charge on any atom is -0.497 e. The van der Waals surface area contributed by atoms with Crippen LogP contribution >= 0.6 is 0 Å². The maximum atomic E-state index is 14.0. The maximum absolute atomic E-state index is 14.0. The van der Waals surface area contributed by atoms with E-state index in [0.29, 0.717) is 30.4 Å². The molecule has 2 aliphatic heterocycles. The zero-order valence-corrected chi connectivity index (χ0v) is 27.0. The highest BCUT2D eigenvalue weighted by Gasteiger charge is 2.44. The predicted octanol–water partition coefficient (Wildman–Crippen LogP) is 5.79. The minimum absolute atomic E-state index is 0.0582. The number of piperidine rings is 1. The standard InChI is InChI=1S/C37H49N5O3/c1-40(37-38-20-9-21-39-37)32-18-22-41(23-19-32)24-31-25-42(26-34(31)29-10-5-3-6-11-29)35(30-12-7-4-8-13-30)36(43)45-27-28-14-16-33(44-2)17-15-28/h3,5-6,9-11,14-17,20-21,30-32,34-35H,4,7-8,12-13,18-19,22-27H2,1-2H3/t31-,34+,35+/m0/s1. The fraction of sp³-hybridized carbons (Fsp3) is 0.541. The number of anilines is 1. The molecular weight excluding hydrogens is 562 g/mol. The van der Waals surface area contributed by atoms with Crippen molar-refractivity contribution in [2.45, 2.75) is 69.6 Å². The van der Waals surface area contributed by atoms with Gasteiger partial charge in [-0.2, -0.15) is 0 Å². The van der Waals surface area contributed by atoms with Gasteiger partial charge in [0.1, 0.15) is 18.4 Å². The van der Waals surface area contributed by atoms with Gasteiger partial charge in [0.2, 0.25) is 5.95 Å². The molecule has 1 aliphatic carbocycles. The van der Waals surface area contributed by atoms with Crippen molar-refractivity contribution in [3.63, 3.8) is 0 Å². The summed E-state index contributed by atoms with van der Waals surface area (Å²) in [6.45, 7) is 5.30. The van der Waals surface area contributed by atoms with Crippen molar-refractivity contribution in [2.24, 2.45) is 11.8 Å². The topological polar surface area (TPSA) is 71.0 Å². The number of benzene rings is 2. The molecule has 3 aliphatic rings. The van der Waals surface area contributed by atoms with Gasteiger partial charge in [-0.15, -0.1) is 0 Å². The number of methoxy groups -OCH3 is 1. The Morgan fingerprint density at radius 2 is 1.62 bits per heavy atom. The van der Waals surface area contributed by atoms with Crippen molar-refractivity contribution in [1.82, 2.24) is 19.8 Å². The molecule has 45 heavy (non-hydrogen) atoms. The van der Waals surface area contributed by atoms with Crippen LogP contribution in [-0.4, -0.2) is 84.7 Å². The second-order valence-electron chi connectivity index (χ2n) is 13.2. The van der Waals surface area contributed by atoms with Gasteiger partial charge in [-0.25, -0.2) is 9.97 Å². The lowest BCUT2D eigenvalue weighted by molar-refractivity contribution is -0.154. The number of aromatic nitrogens is 2. The highest BCUT2D eigenvalue weighted by molar-refractivity contribution is 5.76. The average molecular weight is 612 g/mol. The molecule has 240 valence electrons. The first-order valence-corrected chi connectivity index (χ1v) is 16.9. The fourth-order valence-corrected chi connectivity index (χ4v) is 7.90. The third kappa shape index (κ3) is 7.85. The Kier molecular flexibility index (Phi) is 10.6. The van der Waals surface area contributed by atoms with Crippen LogP contribution in [0.5, 0.6) is 5.75 Å². The van der Waals surface area contributed by atoms with Crippen molar-refractivity contribution in [2.75, 3.05) is 51.8 Å². The van der Waals surface area contributed by atoms with Gasteiger partial charge in [0.15, 0.2) is 0 Å². The van der Waals surface area contributed by atoms with Gasteiger partial charge in [-0.05, 0) is 66.8 Å². The molecule has 3 aromatic rings. The lowest BCUT2D eigenvalue weighted by atomic mass is 9.83. The summed E-state index contributed by atoms with van der Waals surface area (Å²) in [4.78, 5) is 30.3. The Bertz CT molecular complexity index is 1330. The summed E-state index contributed by atoms with van der Waals surface area (Å²) in [6, 6.07) is 20.9. The largest absolute Gasteiger partial charge is 0.497 e. The number of carbonyl (C=O) groups excluding carboxylic acids is 1. The lowest BCUT2D eigenvalue weighted by Gasteiger charge is -2.38. The van der Waals surface area contributed by atoms with Crippen LogP contribution in [-0.2, 0) is 16.1 Å². The summed E-state index contributed by atoms with van der Waals surface area (Å²) < 4.78 is 11.4. The third-order valence-corrected chi connectivity index (χ3v) is 10.4. The Labute approximate surface area is 268 Å². The van der Waals surface area contributed by atoms with E-state index in [1.165, 1.54) is 24.8 Å². The van der Waals surface area contributed by atoms with Crippen molar-refractivity contribution < 1.29 is 14.3 Å². The van der Waals surface area contributed by atoms with Gasteiger partial charge >= 0.3 is 5.97 Å². The molecule has 3 atom stereocenters. The zero-order valence-electron chi connectivity index (χ0n) is 27.0. The molecule has 1 aromatic heterocycles. The van der Waals surface area contributed by atoms with Crippen LogP contribution in [0.15, 0.2) is 73.1 Å². The quantitative estimate of drug-likeness (QED) is 0.252. The Balaban J connectivity index is 1.14. The monoisotopic (exact) mass is 611 g/mol. The number of esters is 1. The molecule has 0 unspecified atom stereocenters. The first-order valence-electron chi connectivity index (χ1n) is 16.9. The van der Waals surface area contributed by atoms with Gasteiger partial charge in [-0.1, -0.05) is 61.7 Å².